The molecule has 1 aliphatic rings. The molecule has 0 bridgehead atoms. The van der Waals surface area contributed by atoms with Gasteiger partial charge in [-0.3, -0.25) is 4.79 Å². The van der Waals surface area contributed by atoms with Gasteiger partial charge in [0.15, 0.2) is 0 Å². The zero-order chi connectivity index (χ0) is 11.6. The Morgan fingerprint density at radius 1 is 1.47 bits per heavy atom. The lowest BCUT2D eigenvalue weighted by molar-refractivity contribution is -0.122. The van der Waals surface area contributed by atoms with Crippen molar-refractivity contribution in [3.8, 4) is 0 Å². The number of amides is 1. The minimum absolute atomic E-state index is 0.204. The molecule has 2 N–H and O–H groups in total. The van der Waals surface area contributed by atoms with Crippen LogP contribution < -0.4 is 5.73 Å². The highest BCUT2D eigenvalue weighted by atomic mass is 32.2. The van der Waals surface area contributed by atoms with E-state index in [1.165, 1.54) is 18.4 Å². The molecule has 0 radical (unpaired) electrons. The Balaban J connectivity index is 2.77. The van der Waals surface area contributed by atoms with E-state index in [9.17, 15) is 13.2 Å². The van der Waals surface area contributed by atoms with Crippen LogP contribution in [0.5, 0.6) is 0 Å². The van der Waals surface area contributed by atoms with Crippen molar-refractivity contribution >= 4 is 16.1 Å². The van der Waals surface area contributed by atoms with Gasteiger partial charge in [0.25, 0.3) is 10.2 Å². The molecule has 1 atom stereocenters. The standard InChI is InChI=1S/C8H17N3O3S/c1-10(2)15(13,14)11-5-3-4-7(6-11)8(9)12/h7H,3-6H2,1-2H3,(H2,9,12)/t7-/m0/s1. The molecule has 0 spiro atoms. The van der Waals surface area contributed by atoms with Gasteiger partial charge in [-0.05, 0) is 12.8 Å². The summed E-state index contributed by atoms with van der Waals surface area (Å²) >= 11 is 0. The van der Waals surface area contributed by atoms with Crippen LogP contribution in [0.2, 0.25) is 0 Å². The molecule has 15 heavy (non-hydrogen) atoms. The van der Waals surface area contributed by atoms with Crippen molar-refractivity contribution in [3.05, 3.63) is 0 Å². The lowest BCUT2D eigenvalue weighted by Crippen LogP contribution is -2.48. The number of nitrogens with two attached hydrogens (primary N) is 1. The maximum atomic E-state index is 11.8. The van der Waals surface area contributed by atoms with Crippen LogP contribution in [0.25, 0.3) is 0 Å². The van der Waals surface area contributed by atoms with Crippen LogP contribution in [0.1, 0.15) is 12.8 Å². The second kappa shape index (κ2) is 4.46. The molecule has 1 fully saturated rings. The molecule has 1 rings (SSSR count). The lowest BCUT2D eigenvalue weighted by Gasteiger charge is -2.32. The number of hydrogen-bond acceptors (Lipinski definition) is 3. The number of hydrogen-bond donors (Lipinski definition) is 1. The van der Waals surface area contributed by atoms with E-state index in [0.29, 0.717) is 19.4 Å². The largest absolute Gasteiger partial charge is 0.369 e. The van der Waals surface area contributed by atoms with Crippen molar-refractivity contribution < 1.29 is 13.2 Å². The molecule has 1 amide bonds. The molecule has 0 unspecified atom stereocenters. The van der Waals surface area contributed by atoms with Crippen molar-refractivity contribution in [1.82, 2.24) is 8.61 Å². The summed E-state index contributed by atoms with van der Waals surface area (Å²) in [4.78, 5) is 11.0. The third-order valence-corrected chi connectivity index (χ3v) is 4.48. The molecular weight excluding hydrogens is 218 g/mol. The Bertz CT molecular complexity index is 339. The first-order chi connectivity index (χ1) is 6.85. The quantitative estimate of drug-likeness (QED) is 0.680. The fourth-order valence-electron chi connectivity index (χ4n) is 1.62. The molecule has 0 aliphatic carbocycles. The monoisotopic (exact) mass is 235 g/mol. The molecule has 0 saturated carbocycles. The predicted octanol–water partition coefficient (Wildman–Crippen LogP) is -1.01. The average Bonchev–Trinajstić information content (AvgIpc) is 2.17. The van der Waals surface area contributed by atoms with Gasteiger partial charge >= 0.3 is 0 Å². The van der Waals surface area contributed by atoms with E-state index >= 15 is 0 Å². The van der Waals surface area contributed by atoms with E-state index in [1.807, 2.05) is 0 Å². The Labute approximate surface area is 90.2 Å². The summed E-state index contributed by atoms with van der Waals surface area (Å²) in [5.74, 6) is -0.776. The van der Waals surface area contributed by atoms with E-state index in [4.69, 9.17) is 5.73 Å². The van der Waals surface area contributed by atoms with E-state index in [2.05, 4.69) is 0 Å². The van der Waals surface area contributed by atoms with Gasteiger partial charge in [-0.1, -0.05) is 0 Å². The molecule has 1 saturated heterocycles. The molecule has 6 nitrogen and oxygen atoms in total. The number of carbonyl (C=O) groups is 1. The van der Waals surface area contributed by atoms with Crippen LogP contribution in [-0.2, 0) is 15.0 Å². The van der Waals surface area contributed by atoms with E-state index in [1.54, 1.807) is 0 Å². The van der Waals surface area contributed by atoms with Crippen LogP contribution in [0.4, 0.5) is 0 Å². The zero-order valence-electron chi connectivity index (χ0n) is 9.01. The van der Waals surface area contributed by atoms with Gasteiger partial charge in [0.05, 0.1) is 5.92 Å². The topological polar surface area (TPSA) is 83.7 Å². The number of primary amides is 1. The predicted molar refractivity (Wildman–Crippen MR) is 56.1 cm³/mol. The fraction of sp³-hybridized carbons (Fsp3) is 0.875. The zero-order valence-corrected chi connectivity index (χ0v) is 9.83. The van der Waals surface area contributed by atoms with E-state index < -0.39 is 16.1 Å². The second-order valence-electron chi connectivity index (χ2n) is 3.89. The van der Waals surface area contributed by atoms with Crippen LogP contribution in [-0.4, -0.2) is 50.1 Å². The average molecular weight is 235 g/mol. The highest BCUT2D eigenvalue weighted by molar-refractivity contribution is 7.86. The van der Waals surface area contributed by atoms with Crippen LogP contribution in [0.15, 0.2) is 0 Å². The third kappa shape index (κ3) is 2.67. The number of carbonyl (C=O) groups excluding carboxylic acids is 1. The van der Waals surface area contributed by atoms with Crippen molar-refractivity contribution in [2.24, 2.45) is 11.7 Å². The van der Waals surface area contributed by atoms with Crippen LogP contribution in [0, 0.1) is 5.92 Å². The summed E-state index contributed by atoms with van der Waals surface area (Å²) in [6.45, 7) is 0.667. The summed E-state index contributed by atoms with van der Waals surface area (Å²) in [7, 11) is -0.457. The van der Waals surface area contributed by atoms with Gasteiger partial charge in [0.2, 0.25) is 5.91 Å². The van der Waals surface area contributed by atoms with Crippen molar-refractivity contribution in [3.63, 3.8) is 0 Å². The van der Waals surface area contributed by atoms with Crippen LogP contribution >= 0.6 is 0 Å². The van der Waals surface area contributed by atoms with Crippen molar-refractivity contribution in [2.45, 2.75) is 12.8 Å². The molecule has 7 heteroatoms. The summed E-state index contributed by atoms with van der Waals surface area (Å²) < 4.78 is 26.0. The molecule has 0 aromatic heterocycles. The van der Waals surface area contributed by atoms with Gasteiger partial charge in [-0.2, -0.15) is 17.0 Å². The lowest BCUT2D eigenvalue weighted by atomic mass is 9.99. The third-order valence-electron chi connectivity index (χ3n) is 2.57. The Hall–Kier alpha value is -0.660. The smallest absolute Gasteiger partial charge is 0.281 e. The molecule has 88 valence electrons. The van der Waals surface area contributed by atoms with E-state index in [-0.39, 0.29) is 12.5 Å². The van der Waals surface area contributed by atoms with Gasteiger partial charge in [0, 0.05) is 27.2 Å². The van der Waals surface area contributed by atoms with Crippen molar-refractivity contribution in [1.29, 1.82) is 0 Å². The van der Waals surface area contributed by atoms with Crippen molar-refractivity contribution in [2.75, 3.05) is 27.2 Å². The maximum absolute atomic E-state index is 11.8. The minimum atomic E-state index is -3.41. The van der Waals surface area contributed by atoms with Gasteiger partial charge < -0.3 is 5.73 Å². The Morgan fingerprint density at radius 3 is 2.53 bits per heavy atom. The molecule has 1 aliphatic heterocycles. The van der Waals surface area contributed by atoms with Gasteiger partial charge in [-0.15, -0.1) is 0 Å². The Kier molecular flexibility index (Phi) is 3.69. The highest BCUT2D eigenvalue weighted by Crippen LogP contribution is 2.19. The minimum Gasteiger partial charge on any atom is -0.369 e. The van der Waals surface area contributed by atoms with E-state index in [0.717, 1.165) is 4.31 Å². The Morgan fingerprint density at radius 2 is 2.07 bits per heavy atom. The first-order valence-electron chi connectivity index (χ1n) is 4.82. The van der Waals surface area contributed by atoms with Gasteiger partial charge in [0.1, 0.15) is 0 Å². The first kappa shape index (κ1) is 12.4. The second-order valence-corrected chi connectivity index (χ2v) is 6.03. The number of rotatable bonds is 3. The summed E-state index contributed by atoms with van der Waals surface area (Å²) in [6.07, 6.45) is 1.36. The maximum Gasteiger partial charge on any atom is 0.281 e. The van der Waals surface area contributed by atoms with Gasteiger partial charge in [-0.25, -0.2) is 0 Å². The normalized spacial score (nSPS) is 24.3. The molecule has 0 aromatic carbocycles. The highest BCUT2D eigenvalue weighted by Gasteiger charge is 2.32. The first-order valence-corrected chi connectivity index (χ1v) is 6.22. The number of piperidine rings is 1. The molecule has 1 heterocycles. The molecular formula is C8H17N3O3S. The SMILES string of the molecule is CN(C)S(=O)(=O)N1CCC[C@H](C(N)=O)C1. The summed E-state index contributed by atoms with van der Waals surface area (Å²) in [5.41, 5.74) is 5.17. The summed E-state index contributed by atoms with van der Waals surface area (Å²) in [6, 6.07) is 0. The fourth-order valence-corrected chi connectivity index (χ4v) is 2.81. The van der Waals surface area contributed by atoms with Crippen LogP contribution in [0.3, 0.4) is 0 Å². The molecule has 0 aromatic rings. The summed E-state index contributed by atoms with van der Waals surface area (Å²) in [5, 5.41) is 0. The number of nitrogens with zero attached hydrogens (tertiary/aromatic N) is 2.